The Morgan fingerprint density at radius 2 is 2.04 bits per heavy atom. The number of benzene rings is 2. The summed E-state index contributed by atoms with van der Waals surface area (Å²) in [5, 5.41) is 10.3. The van der Waals surface area contributed by atoms with E-state index < -0.39 is 12.0 Å². The van der Waals surface area contributed by atoms with Crippen molar-refractivity contribution in [1.29, 1.82) is 0 Å². The van der Waals surface area contributed by atoms with Crippen molar-refractivity contribution in [2.75, 3.05) is 13.2 Å². The fourth-order valence-corrected chi connectivity index (χ4v) is 3.65. The molecule has 0 aliphatic carbocycles. The van der Waals surface area contributed by atoms with Crippen LogP contribution in [0, 0.1) is 0 Å². The molecule has 1 N–H and O–H groups in total. The number of ether oxygens (including phenoxy) is 1. The average Bonchev–Trinajstić information content (AvgIpc) is 3.07. The summed E-state index contributed by atoms with van der Waals surface area (Å²) >= 11 is 6.04. The molecule has 132 valence electrons. The van der Waals surface area contributed by atoms with E-state index in [2.05, 4.69) is 4.90 Å². The fraction of sp³-hybridized carbons (Fsp3) is 0.350. The summed E-state index contributed by atoms with van der Waals surface area (Å²) in [6, 6.07) is 14.9. The van der Waals surface area contributed by atoms with Gasteiger partial charge in [0, 0.05) is 11.6 Å². The molecular formula is C20H22ClNO3. The minimum atomic E-state index is -0.766. The van der Waals surface area contributed by atoms with Gasteiger partial charge in [0.25, 0.3) is 0 Å². The minimum absolute atomic E-state index is 0.138. The Kier molecular flexibility index (Phi) is 5.61. The van der Waals surface area contributed by atoms with Gasteiger partial charge in [0.15, 0.2) is 0 Å². The summed E-state index contributed by atoms with van der Waals surface area (Å²) in [7, 11) is 0. The fourth-order valence-electron chi connectivity index (χ4n) is 3.52. The van der Waals surface area contributed by atoms with E-state index in [-0.39, 0.29) is 6.04 Å². The van der Waals surface area contributed by atoms with Crippen LogP contribution in [0.1, 0.15) is 36.9 Å². The van der Waals surface area contributed by atoms with Crippen LogP contribution in [0.4, 0.5) is 0 Å². The number of hydrogen-bond donors (Lipinski definition) is 1. The number of carbonyl (C=O) groups is 1. The van der Waals surface area contributed by atoms with Crippen LogP contribution in [0.25, 0.3) is 0 Å². The number of aliphatic carboxylic acids is 1. The Morgan fingerprint density at radius 1 is 1.28 bits per heavy atom. The van der Waals surface area contributed by atoms with Crippen LogP contribution in [-0.4, -0.2) is 35.2 Å². The van der Waals surface area contributed by atoms with Gasteiger partial charge < -0.3 is 9.84 Å². The molecule has 2 aromatic rings. The summed E-state index contributed by atoms with van der Waals surface area (Å²) in [5.41, 5.74) is 2.06. The Labute approximate surface area is 153 Å². The van der Waals surface area contributed by atoms with Crippen molar-refractivity contribution in [3.8, 4) is 5.75 Å². The van der Waals surface area contributed by atoms with Gasteiger partial charge in [-0.05, 0) is 55.2 Å². The number of nitrogens with zero attached hydrogens (tertiary/aromatic N) is 1. The number of rotatable bonds is 6. The molecule has 1 fully saturated rings. The van der Waals surface area contributed by atoms with Crippen molar-refractivity contribution in [3.63, 3.8) is 0 Å². The summed E-state index contributed by atoms with van der Waals surface area (Å²) in [4.78, 5) is 13.8. The molecular weight excluding hydrogens is 338 g/mol. The Morgan fingerprint density at radius 3 is 2.72 bits per heavy atom. The second kappa shape index (κ2) is 7.89. The predicted octanol–water partition coefficient (Wildman–Crippen LogP) is 4.38. The van der Waals surface area contributed by atoms with E-state index in [0.29, 0.717) is 18.1 Å². The molecule has 0 aromatic heterocycles. The van der Waals surface area contributed by atoms with Crippen LogP contribution < -0.4 is 4.74 Å². The number of hydrogen-bond acceptors (Lipinski definition) is 3. The maximum absolute atomic E-state index is 11.7. The molecule has 25 heavy (non-hydrogen) atoms. The van der Waals surface area contributed by atoms with Crippen molar-refractivity contribution in [2.45, 2.75) is 31.8 Å². The first-order valence-electron chi connectivity index (χ1n) is 8.57. The van der Waals surface area contributed by atoms with Crippen LogP contribution >= 0.6 is 11.6 Å². The normalized spacial score (nSPS) is 18.9. The van der Waals surface area contributed by atoms with Crippen molar-refractivity contribution in [1.82, 2.24) is 4.90 Å². The topological polar surface area (TPSA) is 49.8 Å². The summed E-state index contributed by atoms with van der Waals surface area (Å²) in [5.74, 6) is 0.0301. The molecule has 0 radical (unpaired) electrons. The molecule has 1 heterocycles. The van der Waals surface area contributed by atoms with E-state index in [1.54, 1.807) is 0 Å². The van der Waals surface area contributed by atoms with Gasteiger partial charge in [-0.2, -0.15) is 0 Å². The zero-order chi connectivity index (χ0) is 17.8. The third kappa shape index (κ3) is 3.97. The van der Waals surface area contributed by atoms with Gasteiger partial charge in [-0.25, -0.2) is 0 Å². The molecule has 3 rings (SSSR count). The summed E-state index contributed by atoms with van der Waals surface area (Å²) in [6.45, 7) is 3.30. The highest BCUT2D eigenvalue weighted by molar-refractivity contribution is 6.30. The van der Waals surface area contributed by atoms with Gasteiger partial charge >= 0.3 is 5.97 Å². The van der Waals surface area contributed by atoms with Crippen LogP contribution in [0.2, 0.25) is 5.02 Å². The Hall–Kier alpha value is -2.04. The summed E-state index contributed by atoms with van der Waals surface area (Å²) in [6.07, 6.45) is 1.55. The lowest BCUT2D eigenvalue weighted by Crippen LogP contribution is -2.39. The zero-order valence-corrected chi connectivity index (χ0v) is 14.9. The second-order valence-corrected chi connectivity index (χ2v) is 6.63. The number of likely N-dealkylation sites (tertiary alicyclic amines) is 1. The van der Waals surface area contributed by atoms with Gasteiger partial charge in [-0.3, -0.25) is 9.69 Å². The number of carboxylic acids is 1. The third-order valence-electron chi connectivity index (χ3n) is 4.58. The molecule has 2 aromatic carbocycles. The van der Waals surface area contributed by atoms with E-state index in [1.165, 1.54) is 0 Å². The quantitative estimate of drug-likeness (QED) is 0.831. The SMILES string of the molecule is CCOc1cccc(C(c2ccc(Cl)cc2)N2CCCC2C(=O)O)c1. The first kappa shape index (κ1) is 17.8. The monoisotopic (exact) mass is 359 g/mol. The van der Waals surface area contributed by atoms with Crippen LogP contribution in [0.5, 0.6) is 5.75 Å². The van der Waals surface area contributed by atoms with Crippen molar-refractivity contribution < 1.29 is 14.6 Å². The average molecular weight is 360 g/mol. The van der Waals surface area contributed by atoms with Crippen molar-refractivity contribution in [2.24, 2.45) is 0 Å². The zero-order valence-electron chi connectivity index (χ0n) is 14.2. The lowest BCUT2D eigenvalue weighted by Gasteiger charge is -2.32. The van der Waals surface area contributed by atoms with Gasteiger partial charge in [-0.1, -0.05) is 35.9 Å². The maximum atomic E-state index is 11.7. The Balaban J connectivity index is 2.04. The lowest BCUT2D eigenvalue weighted by molar-refractivity contribution is -0.142. The Bertz CT molecular complexity index is 732. The van der Waals surface area contributed by atoms with E-state index in [0.717, 1.165) is 29.8 Å². The molecule has 2 atom stereocenters. The van der Waals surface area contributed by atoms with Crippen molar-refractivity contribution in [3.05, 3.63) is 64.7 Å². The lowest BCUT2D eigenvalue weighted by atomic mass is 9.96. The molecule has 1 saturated heterocycles. The molecule has 2 unspecified atom stereocenters. The smallest absolute Gasteiger partial charge is 0.320 e. The van der Waals surface area contributed by atoms with E-state index in [1.807, 2.05) is 55.5 Å². The van der Waals surface area contributed by atoms with Crippen molar-refractivity contribution >= 4 is 17.6 Å². The third-order valence-corrected chi connectivity index (χ3v) is 4.83. The van der Waals surface area contributed by atoms with E-state index >= 15 is 0 Å². The van der Waals surface area contributed by atoms with Gasteiger partial charge in [-0.15, -0.1) is 0 Å². The van der Waals surface area contributed by atoms with E-state index in [9.17, 15) is 9.90 Å². The molecule has 4 nitrogen and oxygen atoms in total. The summed E-state index contributed by atoms with van der Waals surface area (Å²) < 4.78 is 5.63. The molecule has 1 aliphatic rings. The minimum Gasteiger partial charge on any atom is -0.494 e. The molecule has 5 heteroatoms. The number of carboxylic acid groups (broad SMARTS) is 1. The van der Waals surface area contributed by atoms with Gasteiger partial charge in [0.2, 0.25) is 0 Å². The molecule has 1 aliphatic heterocycles. The first-order chi connectivity index (χ1) is 12.1. The van der Waals surface area contributed by atoms with Crippen LogP contribution in [0.15, 0.2) is 48.5 Å². The molecule has 0 saturated carbocycles. The standard InChI is InChI=1S/C20H22ClNO3/c1-2-25-17-6-3-5-15(13-17)19(14-8-10-16(21)11-9-14)22-12-4-7-18(22)20(23)24/h3,5-6,8-11,13,18-19H,2,4,7,12H2,1H3,(H,23,24). The first-order valence-corrected chi connectivity index (χ1v) is 8.94. The highest BCUT2D eigenvalue weighted by Crippen LogP contribution is 2.36. The predicted molar refractivity (Wildman–Crippen MR) is 98.3 cm³/mol. The number of halogens is 1. The van der Waals surface area contributed by atoms with Crippen LogP contribution in [-0.2, 0) is 4.79 Å². The van der Waals surface area contributed by atoms with Gasteiger partial charge in [0.1, 0.15) is 11.8 Å². The second-order valence-electron chi connectivity index (χ2n) is 6.19. The van der Waals surface area contributed by atoms with Crippen LogP contribution in [0.3, 0.4) is 0 Å². The largest absolute Gasteiger partial charge is 0.494 e. The molecule has 0 bridgehead atoms. The molecule has 0 spiro atoms. The highest BCUT2D eigenvalue weighted by atomic mass is 35.5. The molecule has 0 amide bonds. The van der Waals surface area contributed by atoms with E-state index in [4.69, 9.17) is 16.3 Å². The maximum Gasteiger partial charge on any atom is 0.320 e. The van der Waals surface area contributed by atoms with Gasteiger partial charge in [0.05, 0.1) is 12.6 Å². The highest BCUT2D eigenvalue weighted by Gasteiger charge is 2.36.